The zero-order chi connectivity index (χ0) is 19.2. The Balaban J connectivity index is 0.00000280. The largest absolute Gasteiger partial charge is 0.493 e. The van der Waals surface area contributed by atoms with Gasteiger partial charge in [0.15, 0.2) is 11.5 Å². The fourth-order valence-electron chi connectivity index (χ4n) is 3.76. The van der Waals surface area contributed by atoms with Crippen molar-refractivity contribution in [2.75, 3.05) is 53.5 Å². The van der Waals surface area contributed by atoms with Crippen molar-refractivity contribution in [3.05, 3.63) is 23.8 Å². The molecule has 0 radical (unpaired) electrons. The summed E-state index contributed by atoms with van der Waals surface area (Å²) >= 11 is 0. The van der Waals surface area contributed by atoms with Crippen LogP contribution in [-0.2, 0) is 4.79 Å². The van der Waals surface area contributed by atoms with Crippen molar-refractivity contribution in [1.82, 2.24) is 15.1 Å². The Labute approximate surface area is 172 Å². The van der Waals surface area contributed by atoms with E-state index >= 15 is 0 Å². The lowest BCUT2D eigenvalue weighted by Crippen LogP contribution is -2.50. The van der Waals surface area contributed by atoms with Gasteiger partial charge < -0.3 is 24.6 Å². The number of nitrogens with zero attached hydrogens (tertiary/aromatic N) is 2. The monoisotopic (exact) mass is 411 g/mol. The zero-order valence-electron chi connectivity index (χ0n) is 16.6. The molecule has 1 aromatic carbocycles. The number of carbonyl (C=O) groups excluding carboxylic acids is 2. The van der Waals surface area contributed by atoms with Gasteiger partial charge in [-0.3, -0.25) is 9.59 Å². The second kappa shape index (κ2) is 10.5. The summed E-state index contributed by atoms with van der Waals surface area (Å²) in [5.41, 5.74) is 0.571. The van der Waals surface area contributed by atoms with E-state index in [1.807, 2.05) is 4.90 Å². The molecule has 0 spiro atoms. The maximum atomic E-state index is 12.8. The SMILES string of the molecule is COc1ccc(C(=O)N2CCN(C(=O)CCC3CCNC3)CC2)cc1OC.Cl. The quantitative estimate of drug-likeness (QED) is 0.772. The predicted molar refractivity (Wildman–Crippen MR) is 109 cm³/mol. The normalized spacial score (nSPS) is 19.1. The molecule has 2 fully saturated rings. The minimum atomic E-state index is -0.0416. The van der Waals surface area contributed by atoms with Crippen LogP contribution in [0.15, 0.2) is 18.2 Å². The number of methoxy groups -OCH3 is 2. The van der Waals surface area contributed by atoms with Crippen LogP contribution in [-0.4, -0.2) is 75.1 Å². The first-order chi connectivity index (χ1) is 13.1. The van der Waals surface area contributed by atoms with Crippen molar-refractivity contribution in [2.24, 2.45) is 5.92 Å². The Kier molecular flexibility index (Phi) is 8.38. The zero-order valence-corrected chi connectivity index (χ0v) is 17.4. The number of ether oxygens (including phenoxy) is 2. The van der Waals surface area contributed by atoms with Crippen LogP contribution in [0.25, 0.3) is 0 Å². The fourth-order valence-corrected chi connectivity index (χ4v) is 3.76. The molecule has 1 unspecified atom stereocenters. The van der Waals surface area contributed by atoms with Crippen molar-refractivity contribution in [1.29, 1.82) is 0 Å². The summed E-state index contributed by atoms with van der Waals surface area (Å²) in [4.78, 5) is 28.9. The van der Waals surface area contributed by atoms with Crippen LogP contribution < -0.4 is 14.8 Å². The van der Waals surface area contributed by atoms with Gasteiger partial charge >= 0.3 is 0 Å². The first kappa shape index (κ1) is 22.3. The highest BCUT2D eigenvalue weighted by Crippen LogP contribution is 2.28. The number of halogens is 1. The molecule has 7 nitrogen and oxygen atoms in total. The van der Waals surface area contributed by atoms with E-state index in [9.17, 15) is 9.59 Å². The van der Waals surface area contributed by atoms with Gasteiger partial charge in [0.2, 0.25) is 5.91 Å². The molecule has 1 atom stereocenters. The van der Waals surface area contributed by atoms with Crippen molar-refractivity contribution >= 4 is 24.2 Å². The van der Waals surface area contributed by atoms with Crippen LogP contribution in [0.5, 0.6) is 11.5 Å². The molecule has 1 aromatic rings. The molecular formula is C20H30ClN3O4. The standard InChI is InChI=1S/C20H29N3O4.ClH/c1-26-17-5-4-16(13-18(17)27-2)20(25)23-11-9-22(10-12-23)19(24)6-3-15-7-8-21-14-15;/h4-5,13,15,21H,3,6-12,14H2,1-2H3;1H. The molecule has 2 saturated heterocycles. The van der Waals surface area contributed by atoms with Gasteiger partial charge in [-0.25, -0.2) is 0 Å². The van der Waals surface area contributed by atoms with Crippen LogP contribution in [0.2, 0.25) is 0 Å². The molecule has 0 aliphatic carbocycles. The Morgan fingerprint density at radius 2 is 1.75 bits per heavy atom. The van der Waals surface area contributed by atoms with E-state index in [1.54, 1.807) is 37.3 Å². The van der Waals surface area contributed by atoms with Gasteiger partial charge in [0, 0.05) is 38.2 Å². The Hall–Kier alpha value is -1.99. The Bertz CT molecular complexity index is 671. The van der Waals surface area contributed by atoms with Gasteiger partial charge in [0.1, 0.15) is 0 Å². The van der Waals surface area contributed by atoms with Gasteiger partial charge in [-0.1, -0.05) is 0 Å². The molecule has 156 valence electrons. The van der Waals surface area contributed by atoms with Crippen molar-refractivity contribution in [3.8, 4) is 11.5 Å². The molecule has 28 heavy (non-hydrogen) atoms. The highest BCUT2D eigenvalue weighted by atomic mass is 35.5. The summed E-state index contributed by atoms with van der Waals surface area (Å²) in [5.74, 6) is 1.93. The summed E-state index contributed by atoms with van der Waals surface area (Å²) in [5, 5.41) is 3.34. The fraction of sp³-hybridized carbons (Fsp3) is 0.600. The van der Waals surface area contributed by atoms with Crippen LogP contribution in [0.4, 0.5) is 0 Å². The third-order valence-corrected chi connectivity index (χ3v) is 5.48. The first-order valence-electron chi connectivity index (χ1n) is 9.62. The minimum absolute atomic E-state index is 0. The molecule has 0 bridgehead atoms. The number of benzene rings is 1. The van der Waals surface area contributed by atoms with E-state index in [0.717, 1.165) is 19.5 Å². The average molecular weight is 412 g/mol. The van der Waals surface area contributed by atoms with E-state index in [1.165, 1.54) is 6.42 Å². The van der Waals surface area contributed by atoms with Crippen molar-refractivity contribution in [3.63, 3.8) is 0 Å². The van der Waals surface area contributed by atoms with E-state index in [4.69, 9.17) is 9.47 Å². The van der Waals surface area contributed by atoms with Gasteiger partial charge in [-0.2, -0.15) is 0 Å². The Morgan fingerprint density at radius 1 is 1.07 bits per heavy atom. The number of rotatable bonds is 6. The third kappa shape index (κ3) is 5.29. The van der Waals surface area contributed by atoms with Gasteiger partial charge in [0.25, 0.3) is 5.91 Å². The topological polar surface area (TPSA) is 71.1 Å². The van der Waals surface area contributed by atoms with E-state index in [-0.39, 0.29) is 24.2 Å². The number of hydrogen-bond acceptors (Lipinski definition) is 5. The van der Waals surface area contributed by atoms with Crippen LogP contribution in [0, 0.1) is 5.92 Å². The lowest BCUT2D eigenvalue weighted by Gasteiger charge is -2.35. The molecule has 3 rings (SSSR count). The summed E-state index contributed by atoms with van der Waals surface area (Å²) in [6.45, 7) is 4.41. The maximum absolute atomic E-state index is 12.8. The number of nitrogens with one attached hydrogen (secondary N) is 1. The summed E-state index contributed by atoms with van der Waals surface area (Å²) in [7, 11) is 3.12. The van der Waals surface area contributed by atoms with E-state index in [2.05, 4.69) is 5.32 Å². The highest BCUT2D eigenvalue weighted by Gasteiger charge is 2.26. The van der Waals surface area contributed by atoms with Gasteiger partial charge in [0.05, 0.1) is 14.2 Å². The maximum Gasteiger partial charge on any atom is 0.254 e. The number of carbonyl (C=O) groups is 2. The van der Waals surface area contributed by atoms with Crippen molar-refractivity contribution < 1.29 is 19.1 Å². The lowest BCUT2D eigenvalue weighted by molar-refractivity contribution is -0.132. The molecule has 2 heterocycles. The van der Waals surface area contributed by atoms with Crippen LogP contribution in [0.3, 0.4) is 0 Å². The van der Waals surface area contributed by atoms with Gasteiger partial charge in [-0.05, 0) is 50.0 Å². The summed E-state index contributed by atoms with van der Waals surface area (Å²) in [6, 6.07) is 5.19. The third-order valence-electron chi connectivity index (χ3n) is 5.48. The lowest BCUT2D eigenvalue weighted by atomic mass is 10.0. The highest BCUT2D eigenvalue weighted by molar-refractivity contribution is 5.95. The molecular weight excluding hydrogens is 382 g/mol. The summed E-state index contributed by atoms with van der Waals surface area (Å²) < 4.78 is 10.5. The summed E-state index contributed by atoms with van der Waals surface area (Å²) in [6.07, 6.45) is 2.73. The molecule has 0 saturated carbocycles. The Morgan fingerprint density at radius 3 is 2.36 bits per heavy atom. The minimum Gasteiger partial charge on any atom is -0.493 e. The predicted octanol–water partition coefficient (Wildman–Crippen LogP) is 1.80. The number of amides is 2. The first-order valence-corrected chi connectivity index (χ1v) is 9.62. The second-order valence-corrected chi connectivity index (χ2v) is 7.14. The second-order valence-electron chi connectivity index (χ2n) is 7.14. The van der Waals surface area contributed by atoms with Gasteiger partial charge in [-0.15, -0.1) is 12.4 Å². The average Bonchev–Trinajstić information content (AvgIpc) is 3.24. The smallest absolute Gasteiger partial charge is 0.254 e. The van der Waals surface area contributed by atoms with E-state index < -0.39 is 0 Å². The van der Waals surface area contributed by atoms with Crippen LogP contribution >= 0.6 is 12.4 Å². The molecule has 8 heteroatoms. The van der Waals surface area contributed by atoms with E-state index in [0.29, 0.717) is 55.6 Å². The molecule has 2 aliphatic rings. The number of piperazine rings is 1. The molecule has 2 aliphatic heterocycles. The van der Waals surface area contributed by atoms with Crippen molar-refractivity contribution in [2.45, 2.75) is 19.3 Å². The molecule has 1 N–H and O–H groups in total. The molecule has 0 aromatic heterocycles. The number of hydrogen-bond donors (Lipinski definition) is 1. The van der Waals surface area contributed by atoms with Crippen LogP contribution in [0.1, 0.15) is 29.6 Å². The molecule has 2 amide bonds.